The van der Waals surface area contributed by atoms with Crippen LogP contribution in [-0.4, -0.2) is 68.9 Å². The Morgan fingerprint density at radius 2 is 1.85 bits per heavy atom. The van der Waals surface area contributed by atoms with Gasteiger partial charge in [0.1, 0.15) is 0 Å². The third-order valence-corrected chi connectivity index (χ3v) is 5.97. The number of rotatable bonds is 3. The second-order valence-electron chi connectivity index (χ2n) is 5.42. The van der Waals surface area contributed by atoms with Gasteiger partial charge in [0, 0.05) is 38.8 Å². The van der Waals surface area contributed by atoms with E-state index in [-0.39, 0.29) is 17.9 Å². The zero-order chi connectivity index (χ0) is 14.8. The standard InChI is InChI=1S/C12H23N3O4S/c1-10-9-15(8-5-13-10)20(17,18)14-6-3-11(4-7-14)12(16)19-2/h10-11,13H,3-9H2,1-2H3/t10-/m0/s1. The van der Waals surface area contributed by atoms with Gasteiger partial charge in [-0.1, -0.05) is 0 Å². The molecule has 8 heteroatoms. The summed E-state index contributed by atoms with van der Waals surface area (Å²) in [6.45, 7) is 4.44. The van der Waals surface area contributed by atoms with Gasteiger partial charge >= 0.3 is 5.97 Å². The smallest absolute Gasteiger partial charge is 0.308 e. The lowest BCUT2D eigenvalue weighted by Crippen LogP contribution is -2.56. The molecule has 0 aromatic rings. The van der Waals surface area contributed by atoms with Gasteiger partial charge in [0.15, 0.2) is 0 Å². The van der Waals surface area contributed by atoms with E-state index in [4.69, 9.17) is 4.74 Å². The zero-order valence-corrected chi connectivity index (χ0v) is 12.9. The molecule has 0 saturated carbocycles. The summed E-state index contributed by atoms with van der Waals surface area (Å²) in [5.74, 6) is -0.411. The summed E-state index contributed by atoms with van der Waals surface area (Å²) in [5, 5.41) is 3.23. The van der Waals surface area contributed by atoms with Crippen LogP contribution in [0.2, 0.25) is 0 Å². The maximum absolute atomic E-state index is 12.5. The second-order valence-corrected chi connectivity index (χ2v) is 7.35. The largest absolute Gasteiger partial charge is 0.469 e. The van der Waals surface area contributed by atoms with E-state index >= 15 is 0 Å². The van der Waals surface area contributed by atoms with Gasteiger partial charge in [-0.2, -0.15) is 17.0 Å². The summed E-state index contributed by atoms with van der Waals surface area (Å²) in [4.78, 5) is 11.5. The van der Waals surface area contributed by atoms with Crippen LogP contribution in [0.4, 0.5) is 0 Å². The van der Waals surface area contributed by atoms with Crippen molar-refractivity contribution in [2.75, 3.05) is 39.8 Å². The summed E-state index contributed by atoms with van der Waals surface area (Å²) in [6.07, 6.45) is 1.07. The molecule has 2 aliphatic heterocycles. The lowest BCUT2D eigenvalue weighted by Gasteiger charge is -2.37. The van der Waals surface area contributed by atoms with Gasteiger partial charge in [-0.3, -0.25) is 4.79 Å². The predicted molar refractivity (Wildman–Crippen MR) is 74.3 cm³/mol. The van der Waals surface area contributed by atoms with Gasteiger partial charge in [0.05, 0.1) is 13.0 Å². The van der Waals surface area contributed by atoms with Crippen LogP contribution in [0, 0.1) is 5.92 Å². The Morgan fingerprint density at radius 3 is 2.40 bits per heavy atom. The number of hydrogen-bond acceptors (Lipinski definition) is 5. The van der Waals surface area contributed by atoms with E-state index in [0.717, 1.165) is 0 Å². The Labute approximate surface area is 120 Å². The van der Waals surface area contributed by atoms with Crippen LogP contribution < -0.4 is 5.32 Å². The Morgan fingerprint density at radius 1 is 1.20 bits per heavy atom. The van der Waals surface area contributed by atoms with E-state index in [1.165, 1.54) is 15.7 Å². The highest BCUT2D eigenvalue weighted by Crippen LogP contribution is 2.22. The molecule has 0 bridgehead atoms. The summed E-state index contributed by atoms with van der Waals surface area (Å²) in [5.41, 5.74) is 0. The molecule has 20 heavy (non-hydrogen) atoms. The molecule has 2 saturated heterocycles. The van der Waals surface area contributed by atoms with Gasteiger partial charge < -0.3 is 10.1 Å². The minimum absolute atomic E-state index is 0.172. The minimum Gasteiger partial charge on any atom is -0.469 e. The van der Waals surface area contributed by atoms with Crippen LogP contribution >= 0.6 is 0 Å². The van der Waals surface area contributed by atoms with Gasteiger partial charge in [-0.25, -0.2) is 0 Å². The first-order valence-electron chi connectivity index (χ1n) is 7.01. The van der Waals surface area contributed by atoms with Crippen molar-refractivity contribution in [3.05, 3.63) is 0 Å². The van der Waals surface area contributed by atoms with Crippen LogP contribution in [0.3, 0.4) is 0 Å². The fourth-order valence-corrected chi connectivity index (χ4v) is 4.49. The maximum Gasteiger partial charge on any atom is 0.308 e. The van der Waals surface area contributed by atoms with E-state index < -0.39 is 10.2 Å². The molecule has 0 aromatic heterocycles. The SMILES string of the molecule is COC(=O)C1CCN(S(=O)(=O)N2CCN[C@@H](C)C2)CC1. The number of esters is 1. The van der Waals surface area contributed by atoms with Gasteiger partial charge in [-0.15, -0.1) is 0 Å². The van der Waals surface area contributed by atoms with Gasteiger partial charge in [-0.05, 0) is 19.8 Å². The number of ether oxygens (including phenoxy) is 1. The van der Waals surface area contributed by atoms with E-state index in [2.05, 4.69) is 5.32 Å². The molecule has 0 amide bonds. The third-order valence-electron chi connectivity index (χ3n) is 3.97. The second kappa shape index (κ2) is 6.38. The summed E-state index contributed by atoms with van der Waals surface area (Å²) >= 11 is 0. The van der Waals surface area contributed by atoms with Crippen molar-refractivity contribution in [3.63, 3.8) is 0 Å². The molecule has 116 valence electrons. The molecule has 2 rings (SSSR count). The molecule has 0 unspecified atom stereocenters. The molecular weight excluding hydrogens is 282 g/mol. The van der Waals surface area contributed by atoms with Crippen LogP contribution in [-0.2, 0) is 19.7 Å². The number of hydrogen-bond donors (Lipinski definition) is 1. The van der Waals surface area contributed by atoms with Gasteiger partial charge in [0.25, 0.3) is 10.2 Å². The lowest BCUT2D eigenvalue weighted by molar-refractivity contribution is -0.146. The molecule has 1 atom stereocenters. The highest BCUT2D eigenvalue weighted by atomic mass is 32.2. The molecule has 2 fully saturated rings. The topological polar surface area (TPSA) is 79.0 Å². The Kier molecular flexibility index (Phi) is 5.00. The Hall–Kier alpha value is -0.700. The van der Waals surface area contributed by atoms with Crippen LogP contribution in [0.15, 0.2) is 0 Å². The average molecular weight is 305 g/mol. The molecule has 0 aromatic carbocycles. The molecule has 0 aliphatic carbocycles. The first-order valence-corrected chi connectivity index (χ1v) is 8.41. The summed E-state index contributed by atoms with van der Waals surface area (Å²) in [6, 6.07) is 0.172. The minimum atomic E-state index is -3.40. The normalized spacial score (nSPS) is 27.4. The highest BCUT2D eigenvalue weighted by Gasteiger charge is 2.36. The Balaban J connectivity index is 1.96. The highest BCUT2D eigenvalue weighted by molar-refractivity contribution is 7.86. The molecule has 2 heterocycles. The maximum atomic E-state index is 12.5. The van der Waals surface area contributed by atoms with E-state index in [9.17, 15) is 13.2 Å². The van der Waals surface area contributed by atoms with Crippen molar-refractivity contribution in [2.45, 2.75) is 25.8 Å². The summed E-state index contributed by atoms with van der Waals surface area (Å²) in [7, 11) is -2.03. The quantitative estimate of drug-likeness (QED) is 0.705. The average Bonchev–Trinajstić information content (AvgIpc) is 2.46. The van der Waals surface area contributed by atoms with Crippen molar-refractivity contribution >= 4 is 16.2 Å². The van der Waals surface area contributed by atoms with Crippen LogP contribution in [0.25, 0.3) is 0 Å². The van der Waals surface area contributed by atoms with Crippen molar-refractivity contribution < 1.29 is 17.9 Å². The molecule has 1 N–H and O–H groups in total. The molecular formula is C12H23N3O4S. The third kappa shape index (κ3) is 3.30. The first kappa shape index (κ1) is 15.7. The number of nitrogens with zero attached hydrogens (tertiary/aromatic N) is 2. The van der Waals surface area contributed by atoms with Crippen LogP contribution in [0.1, 0.15) is 19.8 Å². The number of carbonyl (C=O) groups is 1. The fraction of sp³-hybridized carbons (Fsp3) is 0.917. The number of piperazine rings is 1. The number of nitrogens with one attached hydrogen (secondary N) is 1. The number of methoxy groups -OCH3 is 1. The number of carbonyl (C=O) groups excluding carboxylic acids is 1. The van der Waals surface area contributed by atoms with E-state index in [1.807, 2.05) is 6.92 Å². The summed E-state index contributed by atoms with van der Waals surface area (Å²) < 4.78 is 32.8. The number of piperidine rings is 1. The lowest BCUT2D eigenvalue weighted by atomic mass is 9.99. The predicted octanol–water partition coefficient (Wildman–Crippen LogP) is -0.590. The fourth-order valence-electron chi connectivity index (χ4n) is 2.76. The van der Waals surface area contributed by atoms with Gasteiger partial charge in [0.2, 0.25) is 0 Å². The van der Waals surface area contributed by atoms with Crippen molar-refractivity contribution in [1.29, 1.82) is 0 Å². The molecule has 0 radical (unpaired) electrons. The first-order chi connectivity index (χ1) is 9.45. The molecule has 7 nitrogen and oxygen atoms in total. The molecule has 0 spiro atoms. The van der Waals surface area contributed by atoms with E-state index in [1.54, 1.807) is 0 Å². The monoisotopic (exact) mass is 305 g/mol. The van der Waals surface area contributed by atoms with Crippen molar-refractivity contribution in [1.82, 2.24) is 13.9 Å². The van der Waals surface area contributed by atoms with Crippen molar-refractivity contribution in [3.8, 4) is 0 Å². The molecule has 2 aliphatic rings. The zero-order valence-electron chi connectivity index (χ0n) is 12.0. The Bertz CT molecular complexity index is 446. The van der Waals surface area contributed by atoms with E-state index in [0.29, 0.717) is 45.6 Å². The van der Waals surface area contributed by atoms with Crippen molar-refractivity contribution in [2.24, 2.45) is 5.92 Å². The van der Waals surface area contributed by atoms with Crippen LogP contribution in [0.5, 0.6) is 0 Å².